The van der Waals surface area contributed by atoms with Gasteiger partial charge in [-0.05, 0) is 36.3 Å². The van der Waals surface area contributed by atoms with E-state index in [1.807, 2.05) is 19.2 Å². The molecule has 0 amide bonds. The smallest absolute Gasteiger partial charge is 0.191 e. The van der Waals surface area contributed by atoms with Gasteiger partial charge in [0.25, 0.3) is 0 Å². The number of benzene rings is 1. The highest BCUT2D eigenvalue weighted by Crippen LogP contribution is 2.25. The SMILES string of the molecule is CN=C(NCc1ccc(OCCOC)cc1)NCC1CCCS1.I. The largest absolute Gasteiger partial charge is 0.491 e. The molecule has 1 aliphatic heterocycles. The predicted molar refractivity (Wildman–Crippen MR) is 113 cm³/mol. The molecular weight excluding hydrogens is 437 g/mol. The van der Waals surface area contributed by atoms with E-state index in [9.17, 15) is 0 Å². The molecule has 1 aromatic carbocycles. The maximum atomic E-state index is 5.56. The van der Waals surface area contributed by atoms with Gasteiger partial charge in [0.2, 0.25) is 0 Å². The molecule has 0 radical (unpaired) electrons. The zero-order valence-electron chi connectivity index (χ0n) is 14.4. The number of rotatable bonds is 8. The third kappa shape index (κ3) is 7.94. The Labute approximate surface area is 166 Å². The summed E-state index contributed by atoms with van der Waals surface area (Å²) in [5.74, 6) is 3.02. The Morgan fingerprint density at radius 3 is 2.67 bits per heavy atom. The van der Waals surface area contributed by atoms with Gasteiger partial charge in [-0.2, -0.15) is 11.8 Å². The zero-order valence-corrected chi connectivity index (χ0v) is 17.6. The molecule has 1 fully saturated rings. The first-order valence-corrected chi connectivity index (χ1v) is 9.13. The molecule has 0 bridgehead atoms. The fourth-order valence-electron chi connectivity index (χ4n) is 2.37. The van der Waals surface area contributed by atoms with Crippen LogP contribution in [0.15, 0.2) is 29.3 Å². The van der Waals surface area contributed by atoms with Crippen LogP contribution in [-0.4, -0.2) is 50.9 Å². The molecule has 0 saturated carbocycles. The van der Waals surface area contributed by atoms with Gasteiger partial charge in [0.15, 0.2) is 5.96 Å². The Hall–Kier alpha value is -0.670. The molecule has 0 aliphatic carbocycles. The Bertz CT molecular complexity index is 479. The van der Waals surface area contributed by atoms with E-state index >= 15 is 0 Å². The molecule has 1 saturated heterocycles. The van der Waals surface area contributed by atoms with Crippen molar-refractivity contribution in [2.24, 2.45) is 4.99 Å². The molecule has 1 aliphatic rings. The Morgan fingerprint density at radius 1 is 1.25 bits per heavy atom. The van der Waals surface area contributed by atoms with Crippen LogP contribution < -0.4 is 15.4 Å². The van der Waals surface area contributed by atoms with Crippen LogP contribution in [0, 0.1) is 0 Å². The third-order valence-corrected chi connectivity index (χ3v) is 5.08. The molecule has 1 aromatic rings. The number of hydrogen-bond donors (Lipinski definition) is 2. The summed E-state index contributed by atoms with van der Waals surface area (Å²) in [4.78, 5) is 4.28. The molecule has 0 spiro atoms. The maximum Gasteiger partial charge on any atom is 0.191 e. The van der Waals surface area contributed by atoms with Gasteiger partial charge in [-0.1, -0.05) is 12.1 Å². The highest BCUT2D eigenvalue weighted by atomic mass is 127. The molecular formula is C17H28IN3O2S. The predicted octanol–water partition coefficient (Wildman–Crippen LogP) is 2.89. The minimum absolute atomic E-state index is 0. The van der Waals surface area contributed by atoms with E-state index in [1.165, 1.54) is 24.2 Å². The lowest BCUT2D eigenvalue weighted by Gasteiger charge is -2.15. The molecule has 1 atom stereocenters. The number of nitrogens with zero attached hydrogens (tertiary/aromatic N) is 1. The van der Waals surface area contributed by atoms with Crippen LogP contribution >= 0.6 is 35.7 Å². The van der Waals surface area contributed by atoms with E-state index in [0.29, 0.717) is 13.2 Å². The molecule has 7 heteroatoms. The fraction of sp³-hybridized carbons (Fsp3) is 0.588. The van der Waals surface area contributed by atoms with Crippen LogP contribution in [0.4, 0.5) is 0 Å². The minimum Gasteiger partial charge on any atom is -0.491 e. The van der Waals surface area contributed by atoms with Crippen molar-refractivity contribution < 1.29 is 9.47 Å². The van der Waals surface area contributed by atoms with Crippen molar-refractivity contribution in [1.29, 1.82) is 0 Å². The Balaban J connectivity index is 0.00000288. The Kier molecular flexibility index (Phi) is 11.3. The topological polar surface area (TPSA) is 54.9 Å². The van der Waals surface area contributed by atoms with E-state index in [2.05, 4.69) is 39.5 Å². The van der Waals surface area contributed by atoms with Crippen molar-refractivity contribution in [2.75, 3.05) is 39.7 Å². The van der Waals surface area contributed by atoms with Gasteiger partial charge in [0.05, 0.1) is 6.61 Å². The van der Waals surface area contributed by atoms with Crippen LogP contribution in [-0.2, 0) is 11.3 Å². The molecule has 2 N–H and O–H groups in total. The van der Waals surface area contributed by atoms with Crippen molar-refractivity contribution >= 4 is 41.7 Å². The number of aliphatic imine (C=N–C) groups is 1. The highest BCUT2D eigenvalue weighted by molar-refractivity contribution is 14.0. The normalized spacial score (nSPS) is 17.2. The van der Waals surface area contributed by atoms with Crippen molar-refractivity contribution in [1.82, 2.24) is 10.6 Å². The second-order valence-electron chi connectivity index (χ2n) is 5.43. The van der Waals surface area contributed by atoms with E-state index < -0.39 is 0 Å². The minimum atomic E-state index is 0. The summed E-state index contributed by atoms with van der Waals surface area (Å²) >= 11 is 2.05. The van der Waals surface area contributed by atoms with Gasteiger partial charge in [-0.25, -0.2) is 0 Å². The monoisotopic (exact) mass is 465 g/mol. The van der Waals surface area contributed by atoms with Gasteiger partial charge in [0, 0.05) is 32.5 Å². The average molecular weight is 465 g/mol. The first-order valence-electron chi connectivity index (χ1n) is 8.08. The van der Waals surface area contributed by atoms with Gasteiger partial charge >= 0.3 is 0 Å². The second-order valence-corrected chi connectivity index (χ2v) is 6.84. The lowest BCUT2D eigenvalue weighted by Crippen LogP contribution is -2.39. The lowest BCUT2D eigenvalue weighted by atomic mass is 10.2. The highest BCUT2D eigenvalue weighted by Gasteiger charge is 2.15. The van der Waals surface area contributed by atoms with Gasteiger partial charge in [-0.15, -0.1) is 24.0 Å². The van der Waals surface area contributed by atoms with Crippen LogP contribution in [0.5, 0.6) is 5.75 Å². The van der Waals surface area contributed by atoms with Crippen LogP contribution in [0.1, 0.15) is 18.4 Å². The number of guanidine groups is 1. The summed E-state index contributed by atoms with van der Waals surface area (Å²) in [5, 5.41) is 7.48. The molecule has 1 heterocycles. The summed E-state index contributed by atoms with van der Waals surface area (Å²) in [6, 6.07) is 8.10. The van der Waals surface area contributed by atoms with Crippen molar-refractivity contribution in [3.63, 3.8) is 0 Å². The maximum absolute atomic E-state index is 5.56. The van der Waals surface area contributed by atoms with Crippen molar-refractivity contribution in [2.45, 2.75) is 24.6 Å². The van der Waals surface area contributed by atoms with Crippen LogP contribution in [0.25, 0.3) is 0 Å². The van der Waals surface area contributed by atoms with E-state index in [4.69, 9.17) is 9.47 Å². The van der Waals surface area contributed by atoms with Gasteiger partial charge in [-0.3, -0.25) is 4.99 Å². The summed E-state index contributed by atoms with van der Waals surface area (Å²) in [5.41, 5.74) is 1.20. The number of methoxy groups -OCH3 is 1. The second kappa shape index (κ2) is 12.7. The zero-order chi connectivity index (χ0) is 16.3. The molecule has 24 heavy (non-hydrogen) atoms. The first-order chi connectivity index (χ1) is 11.3. The number of ether oxygens (including phenoxy) is 2. The van der Waals surface area contributed by atoms with Crippen LogP contribution in [0.2, 0.25) is 0 Å². The summed E-state index contributed by atoms with van der Waals surface area (Å²) in [6.45, 7) is 2.90. The van der Waals surface area contributed by atoms with E-state index in [-0.39, 0.29) is 24.0 Å². The molecule has 136 valence electrons. The Morgan fingerprint density at radius 2 is 2.04 bits per heavy atom. The van der Waals surface area contributed by atoms with Crippen LogP contribution in [0.3, 0.4) is 0 Å². The first kappa shape index (κ1) is 21.4. The standard InChI is InChI=1S/C17H27N3O2S.HI/c1-18-17(20-13-16-4-3-11-23-16)19-12-14-5-7-15(8-6-14)22-10-9-21-2;/h5-8,16H,3-4,9-13H2,1-2H3,(H2,18,19,20);1H. The number of nitrogens with one attached hydrogen (secondary N) is 2. The fourth-order valence-corrected chi connectivity index (χ4v) is 3.57. The molecule has 0 aromatic heterocycles. The number of thioether (sulfide) groups is 1. The number of halogens is 1. The van der Waals surface area contributed by atoms with Gasteiger partial charge < -0.3 is 20.1 Å². The quantitative estimate of drug-likeness (QED) is 0.268. The number of hydrogen-bond acceptors (Lipinski definition) is 4. The summed E-state index contributed by atoms with van der Waals surface area (Å²) in [6.07, 6.45) is 2.64. The summed E-state index contributed by atoms with van der Waals surface area (Å²) < 4.78 is 10.5. The summed E-state index contributed by atoms with van der Waals surface area (Å²) in [7, 11) is 3.48. The van der Waals surface area contributed by atoms with Gasteiger partial charge in [0.1, 0.15) is 12.4 Å². The average Bonchev–Trinajstić information content (AvgIpc) is 3.10. The van der Waals surface area contributed by atoms with E-state index in [1.54, 1.807) is 7.11 Å². The molecule has 2 rings (SSSR count). The molecule has 1 unspecified atom stereocenters. The third-order valence-electron chi connectivity index (χ3n) is 3.68. The molecule has 5 nitrogen and oxygen atoms in total. The van der Waals surface area contributed by atoms with Crippen molar-refractivity contribution in [3.05, 3.63) is 29.8 Å². The lowest BCUT2D eigenvalue weighted by molar-refractivity contribution is 0.146. The van der Waals surface area contributed by atoms with E-state index in [0.717, 1.165) is 30.0 Å². The van der Waals surface area contributed by atoms with Crippen molar-refractivity contribution in [3.8, 4) is 5.75 Å².